The Kier molecular flexibility index (Phi) is 23.7. The number of para-hydroxylation sites is 2. The largest absolute Gasteiger partial charge is 0.457 e. The first-order chi connectivity index (χ1) is 51.8. The van der Waals surface area contributed by atoms with Crippen molar-refractivity contribution in [3.8, 4) is 45.5 Å². The molecule has 568 valence electrons. The van der Waals surface area contributed by atoms with Crippen LogP contribution in [0.5, 0.6) is 23.0 Å². The molecule has 10 fully saturated rings. The highest BCUT2D eigenvalue weighted by Crippen LogP contribution is 2.63. The van der Waals surface area contributed by atoms with E-state index < -0.39 is 0 Å². The van der Waals surface area contributed by atoms with Crippen LogP contribution in [0.4, 0.5) is 11.5 Å². The van der Waals surface area contributed by atoms with Crippen molar-refractivity contribution >= 4 is 68.0 Å². The molecule has 6 heterocycles. The smallest absolute Gasteiger partial charge is 0.222 e. The number of amides is 2. The minimum Gasteiger partial charge on any atom is -0.457 e. The number of benzene rings is 4. The molecule has 0 unspecified atom stereocenters. The fourth-order valence-electron chi connectivity index (χ4n) is 20.6. The van der Waals surface area contributed by atoms with E-state index in [-0.39, 0.29) is 53.2 Å². The Morgan fingerprint density at radius 3 is 1.42 bits per heavy atom. The molecule has 8 bridgehead atoms. The number of nitrogens with zero attached hydrogens (tertiary/aromatic N) is 10. The SMILES string of the molecule is CCC(=O)Cc1cc(-c2nn(C3CCN(CCNC(=O)[C@H](C)CCC45CC6CC(CC(C6)C4)C5)CC3)c3ncnc(N)c23)ccc1Oc1ccccc1.CCC(=O)Cl.Cc1ncnc2c1c(-c1ccc(Oc3ccccc3)c(N)c1)nn2C1CCN(CCNC(=O)[C@H](C)CCC23CC4CC(CC(C4)C2)C3)CC1. The molecule has 8 aromatic rings. The van der Waals surface area contributed by atoms with Gasteiger partial charge in [0.1, 0.15) is 58.6 Å². The predicted molar refractivity (Wildman–Crippen MR) is 422 cm³/mol. The van der Waals surface area contributed by atoms with E-state index in [2.05, 4.69) is 53.9 Å². The lowest BCUT2D eigenvalue weighted by Crippen LogP contribution is -2.46. The molecule has 8 aliphatic carbocycles. The molecule has 10 aliphatic rings. The van der Waals surface area contributed by atoms with Gasteiger partial charge >= 0.3 is 0 Å². The Labute approximate surface area is 636 Å². The van der Waals surface area contributed by atoms with Gasteiger partial charge in [0.05, 0.1) is 34.2 Å². The highest BCUT2D eigenvalue weighted by Gasteiger charge is 2.52. The number of ether oxygens (including phenoxy) is 2. The number of likely N-dealkylation sites (tertiary alicyclic amines) is 2. The molecule has 18 rings (SSSR count). The van der Waals surface area contributed by atoms with Gasteiger partial charge in [-0.1, -0.05) is 64.1 Å². The van der Waals surface area contributed by atoms with Gasteiger partial charge in [0.25, 0.3) is 0 Å². The molecular formula is C86H111ClN14O6. The number of nitrogens with two attached hydrogens (primary N) is 2. The van der Waals surface area contributed by atoms with E-state index in [1.807, 2.05) is 116 Å². The average molecular weight is 1470 g/mol. The van der Waals surface area contributed by atoms with Gasteiger partial charge in [-0.15, -0.1) is 0 Å². The van der Waals surface area contributed by atoms with Crippen LogP contribution in [0.15, 0.2) is 110 Å². The zero-order valence-electron chi connectivity index (χ0n) is 63.5. The van der Waals surface area contributed by atoms with Crippen molar-refractivity contribution in [2.45, 2.75) is 194 Å². The highest BCUT2D eigenvalue weighted by atomic mass is 35.5. The first kappa shape index (κ1) is 75.5. The minimum atomic E-state index is -0.273. The van der Waals surface area contributed by atoms with E-state index in [1.54, 1.807) is 13.3 Å². The number of hydrogen-bond donors (Lipinski definition) is 4. The van der Waals surface area contributed by atoms with Gasteiger partial charge in [-0.25, -0.2) is 29.3 Å². The zero-order chi connectivity index (χ0) is 74.3. The number of nitrogens with one attached hydrogen (secondary N) is 2. The van der Waals surface area contributed by atoms with Crippen molar-refractivity contribution in [2.24, 2.45) is 58.2 Å². The van der Waals surface area contributed by atoms with Gasteiger partial charge in [-0.3, -0.25) is 19.2 Å². The first-order valence-corrected chi connectivity index (χ1v) is 40.6. The summed E-state index contributed by atoms with van der Waals surface area (Å²) in [7, 11) is 0. The third-order valence-corrected chi connectivity index (χ3v) is 25.8. The Balaban J connectivity index is 0.000000169. The molecule has 2 atom stereocenters. The second-order valence-electron chi connectivity index (χ2n) is 33.3. The third-order valence-electron chi connectivity index (χ3n) is 25.5. The van der Waals surface area contributed by atoms with Crippen molar-refractivity contribution < 1.29 is 28.7 Å². The standard InChI is InChI=1S/C43H55N7O3.C40H51N7O2.C3H5ClO/c1-3-35(51)23-33-22-32(9-10-37(33)53-36-7-5-4-6-8-36)39-38-40(44)46-27-47-41(38)50(48-39)34-12-16-49(17-13-34)18-15-45-42(52)28(2)11-14-43-24-29-19-30(25-43)21-31(20-29)26-43;1-26(10-13-40-22-28-18-29(23-40)20-30(19-28)24-40)39(48)42-14-17-46-15-11-32(12-16-46)47-38-36(27(2)43-25-44-38)37(45-47)31-8-9-35(34(41)21-31)49-33-6-4-3-5-7-33;1-2-3(4)5/h4-10,22,27-31,34H,3,11-21,23-26H2,1-2H3,(H,45,52)(H2,44,46,47);3-9,21,25-26,28-30,32H,10-20,22-24,41H2,1-2H3,(H,42,48);2H2,1H3/t28-,29?,30?,31?,43?;26-,28?,29?,30?,40?;/m11./s1. The van der Waals surface area contributed by atoms with Gasteiger partial charge in [-0.2, -0.15) is 10.2 Å². The number of fused-ring (bicyclic) bond motifs is 2. The Bertz CT molecular complexity index is 4340. The molecular weight excluding hydrogens is 1360 g/mol. The molecule has 0 spiro atoms. The van der Waals surface area contributed by atoms with Crippen molar-refractivity contribution in [2.75, 3.05) is 63.8 Å². The molecule has 4 aromatic carbocycles. The fraction of sp³-hybridized carbons (Fsp3) is 0.558. The maximum Gasteiger partial charge on any atom is 0.222 e. The Morgan fingerprint density at radius 1 is 0.551 bits per heavy atom. The number of piperidine rings is 2. The second-order valence-corrected chi connectivity index (χ2v) is 33.7. The van der Waals surface area contributed by atoms with Crippen LogP contribution in [-0.2, 0) is 25.6 Å². The number of anilines is 2. The van der Waals surface area contributed by atoms with Crippen molar-refractivity contribution in [1.29, 1.82) is 0 Å². The molecule has 21 heteroatoms. The predicted octanol–water partition coefficient (Wildman–Crippen LogP) is 16.5. The molecule has 8 saturated carbocycles. The van der Waals surface area contributed by atoms with E-state index in [9.17, 15) is 19.2 Å². The highest BCUT2D eigenvalue weighted by molar-refractivity contribution is 6.63. The number of carbonyl (C=O) groups excluding carboxylic acids is 4. The summed E-state index contributed by atoms with van der Waals surface area (Å²) in [6.07, 6.45) is 30.0. The normalized spacial score (nSPS) is 24.5. The summed E-state index contributed by atoms with van der Waals surface area (Å²) < 4.78 is 16.4. The number of rotatable bonds is 26. The molecule has 0 radical (unpaired) electrons. The number of Topliss-reactive ketones (excluding diaryl/α,β-unsaturated/α-hetero) is 1. The number of halogens is 1. The van der Waals surface area contributed by atoms with Crippen molar-refractivity contribution in [3.05, 3.63) is 121 Å². The van der Waals surface area contributed by atoms with Crippen LogP contribution in [-0.4, -0.2) is 124 Å². The van der Waals surface area contributed by atoms with E-state index in [0.717, 1.165) is 169 Å². The molecule has 2 amide bonds. The molecule has 107 heavy (non-hydrogen) atoms. The van der Waals surface area contributed by atoms with E-state index in [1.165, 1.54) is 96.2 Å². The lowest BCUT2D eigenvalue weighted by molar-refractivity contribution is -0.126. The van der Waals surface area contributed by atoms with E-state index in [4.69, 9.17) is 47.7 Å². The maximum atomic E-state index is 13.1. The monoisotopic (exact) mass is 1470 g/mol. The minimum absolute atomic E-state index is 0.0706. The first-order valence-electron chi connectivity index (χ1n) is 40.2. The van der Waals surface area contributed by atoms with Crippen LogP contribution in [0, 0.1) is 65.1 Å². The zero-order valence-corrected chi connectivity index (χ0v) is 64.3. The molecule has 2 saturated heterocycles. The van der Waals surface area contributed by atoms with Gasteiger partial charge in [0, 0.05) is 100 Å². The average Bonchev–Trinajstić information content (AvgIpc) is 1.54. The van der Waals surface area contributed by atoms with Crippen molar-refractivity contribution in [3.63, 3.8) is 0 Å². The summed E-state index contributed by atoms with van der Waals surface area (Å²) in [6.45, 7) is 16.7. The second kappa shape index (κ2) is 33.7. The summed E-state index contributed by atoms with van der Waals surface area (Å²) in [5, 5.41) is 18.2. The lowest BCUT2D eigenvalue weighted by Gasteiger charge is -2.57. The van der Waals surface area contributed by atoms with E-state index in [0.29, 0.717) is 71.2 Å². The van der Waals surface area contributed by atoms with Gasteiger partial charge < -0.3 is 41.4 Å². The van der Waals surface area contributed by atoms with Crippen LogP contribution in [0.25, 0.3) is 44.6 Å². The van der Waals surface area contributed by atoms with Crippen LogP contribution < -0.4 is 31.6 Å². The number of hydrogen-bond acceptors (Lipinski definition) is 16. The topological polar surface area (TPSA) is 257 Å². The van der Waals surface area contributed by atoms with Gasteiger partial charge in [0.15, 0.2) is 11.3 Å². The number of carbonyl (C=O) groups is 4. The summed E-state index contributed by atoms with van der Waals surface area (Å²) in [5.74, 6) is 9.64. The maximum absolute atomic E-state index is 13.1. The van der Waals surface area contributed by atoms with Crippen LogP contribution in [0.3, 0.4) is 0 Å². The van der Waals surface area contributed by atoms with Gasteiger partial charge in [-0.05, 0) is 254 Å². The lowest BCUT2D eigenvalue weighted by atomic mass is 9.48. The van der Waals surface area contributed by atoms with Crippen molar-refractivity contribution in [1.82, 2.24) is 59.9 Å². The van der Waals surface area contributed by atoms with Gasteiger partial charge in [0.2, 0.25) is 17.1 Å². The van der Waals surface area contributed by atoms with Crippen LogP contribution in [0.2, 0.25) is 0 Å². The Hall–Kier alpha value is -8.33. The number of nitrogen functional groups attached to an aromatic ring is 2. The number of aryl methyl sites for hydroxylation is 1. The molecule has 4 aromatic heterocycles. The summed E-state index contributed by atoms with van der Waals surface area (Å²) in [5.41, 5.74) is 21.2. The van der Waals surface area contributed by atoms with E-state index >= 15 is 0 Å². The van der Waals surface area contributed by atoms with Crippen LogP contribution in [0.1, 0.15) is 192 Å². The number of aromatic nitrogens is 8. The summed E-state index contributed by atoms with van der Waals surface area (Å²) in [4.78, 5) is 71.5. The summed E-state index contributed by atoms with van der Waals surface area (Å²) in [6, 6.07) is 31.4. The number of ketones is 1. The summed E-state index contributed by atoms with van der Waals surface area (Å²) >= 11 is 4.82. The molecule has 2 aliphatic heterocycles. The molecule has 20 nitrogen and oxygen atoms in total. The molecule has 6 N–H and O–H groups in total. The third kappa shape index (κ3) is 17.9. The quantitative estimate of drug-likeness (QED) is 0.0290. The van der Waals surface area contributed by atoms with Crippen LogP contribution >= 0.6 is 11.6 Å². The Morgan fingerprint density at radius 2 is 0.972 bits per heavy atom. The fourth-order valence-corrected chi connectivity index (χ4v) is 20.6.